The highest BCUT2D eigenvalue weighted by Crippen LogP contribution is 2.29. The van der Waals surface area contributed by atoms with Crippen LogP contribution in [0.5, 0.6) is 0 Å². The molecule has 0 spiro atoms. The van der Waals surface area contributed by atoms with Crippen molar-refractivity contribution in [3.8, 4) is 11.8 Å². The minimum atomic E-state index is -0.578. The van der Waals surface area contributed by atoms with E-state index >= 15 is 0 Å². The molecule has 0 radical (unpaired) electrons. The predicted octanol–water partition coefficient (Wildman–Crippen LogP) is 2.64. The smallest absolute Gasteiger partial charge is 0.286 e. The number of benzene rings is 1. The van der Waals surface area contributed by atoms with Gasteiger partial charge in [-0.3, -0.25) is 10.1 Å². The molecule has 0 fully saturated rings. The standard InChI is InChI=1S/C10H7Cl2NO3/c11-8-5-7(3-1-2-4-14)10(13(15)16)6-9(8)12/h5-6,14H,2,4H2. The SMILES string of the molecule is O=[N+]([O-])c1cc(Cl)c(Cl)cc1C#CCCO. The van der Waals surface area contributed by atoms with Crippen LogP contribution >= 0.6 is 23.2 Å². The van der Waals surface area contributed by atoms with Crippen molar-refractivity contribution in [1.29, 1.82) is 0 Å². The normalized spacial score (nSPS) is 9.44. The van der Waals surface area contributed by atoms with E-state index in [1.807, 2.05) is 0 Å². The Kier molecular flexibility index (Phi) is 4.56. The molecule has 0 aliphatic rings. The fourth-order valence-corrected chi connectivity index (χ4v) is 1.32. The van der Waals surface area contributed by atoms with Crippen LogP contribution in [0.3, 0.4) is 0 Å². The third-order valence-electron chi connectivity index (χ3n) is 1.70. The zero-order valence-corrected chi connectivity index (χ0v) is 9.55. The quantitative estimate of drug-likeness (QED) is 0.505. The molecule has 0 aliphatic carbocycles. The van der Waals surface area contributed by atoms with Crippen LogP contribution in [0.1, 0.15) is 12.0 Å². The van der Waals surface area contributed by atoms with Gasteiger partial charge in [-0.15, -0.1) is 0 Å². The molecule has 0 saturated heterocycles. The lowest BCUT2D eigenvalue weighted by Crippen LogP contribution is -1.92. The Bertz CT molecular complexity index is 477. The maximum Gasteiger partial charge on any atom is 0.286 e. The van der Waals surface area contributed by atoms with Crippen LogP contribution in [0, 0.1) is 22.0 Å². The van der Waals surface area contributed by atoms with Crippen LogP contribution in [0.4, 0.5) is 5.69 Å². The van der Waals surface area contributed by atoms with Crippen molar-refractivity contribution >= 4 is 28.9 Å². The lowest BCUT2D eigenvalue weighted by atomic mass is 10.2. The van der Waals surface area contributed by atoms with Gasteiger partial charge in [0.1, 0.15) is 5.56 Å². The van der Waals surface area contributed by atoms with E-state index in [0.717, 1.165) is 6.07 Å². The lowest BCUT2D eigenvalue weighted by Gasteiger charge is -1.98. The average Bonchev–Trinajstić information content (AvgIpc) is 2.23. The third kappa shape index (κ3) is 3.11. The topological polar surface area (TPSA) is 63.4 Å². The van der Waals surface area contributed by atoms with Gasteiger partial charge in [0, 0.05) is 12.5 Å². The third-order valence-corrected chi connectivity index (χ3v) is 2.42. The van der Waals surface area contributed by atoms with Crippen molar-refractivity contribution < 1.29 is 10.0 Å². The molecule has 0 saturated carbocycles. The number of nitro benzene ring substituents is 1. The summed E-state index contributed by atoms with van der Waals surface area (Å²) in [4.78, 5) is 10.1. The van der Waals surface area contributed by atoms with Gasteiger partial charge in [-0.05, 0) is 6.07 Å². The molecule has 0 unspecified atom stereocenters. The maximum absolute atomic E-state index is 10.7. The van der Waals surface area contributed by atoms with Crippen LogP contribution < -0.4 is 0 Å². The van der Waals surface area contributed by atoms with Crippen molar-refractivity contribution in [1.82, 2.24) is 0 Å². The van der Waals surface area contributed by atoms with E-state index in [4.69, 9.17) is 28.3 Å². The first-order valence-corrected chi connectivity index (χ1v) is 5.05. The summed E-state index contributed by atoms with van der Waals surface area (Å²) in [7, 11) is 0. The van der Waals surface area contributed by atoms with Crippen molar-refractivity contribution in [3.05, 3.63) is 37.9 Å². The van der Waals surface area contributed by atoms with E-state index in [1.165, 1.54) is 6.07 Å². The number of halogens is 2. The highest BCUT2D eigenvalue weighted by atomic mass is 35.5. The van der Waals surface area contributed by atoms with Crippen molar-refractivity contribution in [2.45, 2.75) is 6.42 Å². The fraction of sp³-hybridized carbons (Fsp3) is 0.200. The van der Waals surface area contributed by atoms with Gasteiger partial charge in [0.2, 0.25) is 0 Å². The van der Waals surface area contributed by atoms with Crippen LogP contribution in [0.2, 0.25) is 10.0 Å². The van der Waals surface area contributed by atoms with Gasteiger partial charge in [-0.1, -0.05) is 35.0 Å². The van der Waals surface area contributed by atoms with E-state index < -0.39 is 4.92 Å². The number of aliphatic hydroxyl groups is 1. The maximum atomic E-state index is 10.7. The first-order valence-electron chi connectivity index (χ1n) is 4.29. The van der Waals surface area contributed by atoms with Crippen LogP contribution in [0.25, 0.3) is 0 Å². The summed E-state index contributed by atoms with van der Waals surface area (Å²) in [6.45, 7) is -0.0951. The zero-order chi connectivity index (χ0) is 12.1. The largest absolute Gasteiger partial charge is 0.395 e. The molecule has 0 bridgehead atoms. The molecular formula is C10H7Cl2NO3. The molecule has 16 heavy (non-hydrogen) atoms. The average molecular weight is 260 g/mol. The first kappa shape index (κ1) is 12.8. The van der Waals surface area contributed by atoms with E-state index in [1.54, 1.807) is 0 Å². The molecule has 1 rings (SSSR count). The molecule has 0 atom stereocenters. The second kappa shape index (κ2) is 5.71. The van der Waals surface area contributed by atoms with Crippen LogP contribution in [-0.2, 0) is 0 Å². The second-order valence-electron chi connectivity index (χ2n) is 2.82. The van der Waals surface area contributed by atoms with Gasteiger partial charge in [0.05, 0.1) is 21.6 Å². The highest BCUT2D eigenvalue weighted by molar-refractivity contribution is 6.42. The number of nitrogens with zero attached hydrogens (tertiary/aromatic N) is 1. The zero-order valence-electron chi connectivity index (χ0n) is 8.04. The minimum absolute atomic E-state index is 0.0951. The van der Waals surface area contributed by atoms with Gasteiger partial charge < -0.3 is 5.11 Å². The molecule has 0 amide bonds. The minimum Gasteiger partial charge on any atom is -0.395 e. The van der Waals surface area contributed by atoms with Gasteiger partial charge >= 0.3 is 0 Å². The van der Waals surface area contributed by atoms with Crippen molar-refractivity contribution in [3.63, 3.8) is 0 Å². The van der Waals surface area contributed by atoms with Crippen molar-refractivity contribution in [2.75, 3.05) is 6.61 Å². The number of nitro groups is 1. The van der Waals surface area contributed by atoms with E-state index in [0.29, 0.717) is 0 Å². The summed E-state index contributed by atoms with van der Waals surface area (Å²) in [6, 6.07) is 2.50. The number of rotatable bonds is 2. The number of aliphatic hydroxyl groups excluding tert-OH is 1. The molecule has 0 aromatic heterocycles. The molecule has 84 valence electrons. The fourth-order valence-electron chi connectivity index (χ4n) is 1.00. The Balaban J connectivity index is 3.21. The van der Waals surface area contributed by atoms with Gasteiger partial charge in [-0.25, -0.2) is 0 Å². The predicted molar refractivity (Wildman–Crippen MR) is 61.7 cm³/mol. The van der Waals surface area contributed by atoms with Crippen LogP contribution in [0.15, 0.2) is 12.1 Å². The molecular weight excluding hydrogens is 253 g/mol. The van der Waals surface area contributed by atoms with Gasteiger partial charge in [0.25, 0.3) is 5.69 Å². The molecule has 0 aliphatic heterocycles. The summed E-state index contributed by atoms with van der Waals surface area (Å²) in [6.07, 6.45) is 0.247. The van der Waals surface area contributed by atoms with Crippen LogP contribution in [-0.4, -0.2) is 16.6 Å². The van der Waals surface area contributed by atoms with E-state index in [-0.39, 0.29) is 34.3 Å². The number of hydrogen-bond donors (Lipinski definition) is 1. The highest BCUT2D eigenvalue weighted by Gasteiger charge is 2.15. The Hall–Kier alpha value is -1.28. The molecule has 1 N–H and O–H groups in total. The Labute approximate surface area is 102 Å². The lowest BCUT2D eigenvalue weighted by molar-refractivity contribution is -0.385. The Morgan fingerprint density at radius 2 is 2.00 bits per heavy atom. The summed E-state index contributed by atoms with van der Waals surface area (Å²) in [5.74, 6) is 5.16. The summed E-state index contributed by atoms with van der Waals surface area (Å²) in [5, 5.41) is 19.6. The van der Waals surface area contributed by atoms with Gasteiger partial charge in [0.15, 0.2) is 0 Å². The Morgan fingerprint density at radius 1 is 1.38 bits per heavy atom. The number of hydrogen-bond acceptors (Lipinski definition) is 3. The van der Waals surface area contributed by atoms with E-state index in [9.17, 15) is 10.1 Å². The summed E-state index contributed by atoms with van der Waals surface area (Å²) < 4.78 is 0. The van der Waals surface area contributed by atoms with Gasteiger partial charge in [-0.2, -0.15) is 0 Å². The second-order valence-corrected chi connectivity index (χ2v) is 3.63. The molecule has 1 aromatic carbocycles. The molecule has 4 nitrogen and oxygen atoms in total. The van der Waals surface area contributed by atoms with Crippen molar-refractivity contribution in [2.24, 2.45) is 0 Å². The summed E-state index contributed by atoms with van der Waals surface area (Å²) >= 11 is 11.4. The van der Waals surface area contributed by atoms with E-state index in [2.05, 4.69) is 11.8 Å². The summed E-state index contributed by atoms with van der Waals surface area (Å²) in [5.41, 5.74) is -0.00677. The molecule has 0 heterocycles. The molecule has 1 aromatic rings. The first-order chi connectivity index (χ1) is 7.56. The molecule has 6 heteroatoms. The Morgan fingerprint density at radius 3 is 2.56 bits per heavy atom. The monoisotopic (exact) mass is 259 g/mol.